The van der Waals surface area contributed by atoms with Gasteiger partial charge in [0.25, 0.3) is 0 Å². The molecule has 0 saturated carbocycles. The highest BCUT2D eigenvalue weighted by atomic mass is 35.5. The number of hydrogen-bond donors (Lipinski definition) is 1. The molecule has 0 aliphatic rings. The minimum absolute atomic E-state index is 0.144. The van der Waals surface area contributed by atoms with Crippen molar-refractivity contribution in [2.75, 3.05) is 12.4 Å². The number of rotatable bonds is 3. The van der Waals surface area contributed by atoms with Gasteiger partial charge in [0.05, 0.1) is 13.3 Å². The molecule has 0 spiro atoms. The third-order valence-corrected chi connectivity index (χ3v) is 2.53. The molecule has 0 unspecified atom stereocenters. The van der Waals surface area contributed by atoms with Crippen LogP contribution in [0.25, 0.3) is 0 Å². The second kappa shape index (κ2) is 5.21. The van der Waals surface area contributed by atoms with Crippen LogP contribution >= 0.6 is 23.2 Å². The molecule has 0 saturated heterocycles. The molecule has 0 aliphatic carbocycles. The van der Waals surface area contributed by atoms with Crippen molar-refractivity contribution in [2.45, 2.75) is 0 Å². The number of anilines is 2. The van der Waals surface area contributed by atoms with Crippen molar-refractivity contribution in [1.29, 1.82) is 0 Å². The van der Waals surface area contributed by atoms with E-state index < -0.39 is 0 Å². The van der Waals surface area contributed by atoms with E-state index in [4.69, 9.17) is 27.9 Å². The molecule has 1 aromatic heterocycles. The molecule has 4 nitrogen and oxygen atoms in total. The highest BCUT2D eigenvalue weighted by Gasteiger charge is 2.04. The van der Waals surface area contributed by atoms with Crippen molar-refractivity contribution in [1.82, 2.24) is 9.97 Å². The highest BCUT2D eigenvalue weighted by molar-refractivity contribution is 6.33. The number of benzene rings is 1. The van der Waals surface area contributed by atoms with Crippen LogP contribution < -0.4 is 10.1 Å². The van der Waals surface area contributed by atoms with Gasteiger partial charge in [0, 0.05) is 5.69 Å². The monoisotopic (exact) mass is 269 g/mol. The summed E-state index contributed by atoms with van der Waals surface area (Å²) in [6, 6.07) is 7.37. The predicted octanol–water partition coefficient (Wildman–Crippen LogP) is 3.54. The first-order chi connectivity index (χ1) is 8.19. The maximum atomic E-state index is 5.93. The zero-order valence-corrected chi connectivity index (χ0v) is 10.5. The maximum Gasteiger partial charge on any atom is 0.224 e. The normalized spacial score (nSPS) is 10.1. The quantitative estimate of drug-likeness (QED) is 0.866. The highest BCUT2D eigenvalue weighted by Crippen LogP contribution is 2.24. The van der Waals surface area contributed by atoms with E-state index in [-0.39, 0.29) is 5.28 Å². The minimum atomic E-state index is 0.144. The molecule has 2 rings (SSSR count). The first-order valence-corrected chi connectivity index (χ1v) is 5.54. The van der Waals surface area contributed by atoms with E-state index in [1.807, 2.05) is 24.3 Å². The Kier molecular flexibility index (Phi) is 3.66. The molecule has 0 bridgehead atoms. The van der Waals surface area contributed by atoms with Crippen LogP contribution in [0.2, 0.25) is 10.3 Å². The fourth-order valence-electron chi connectivity index (χ4n) is 1.24. The second-order valence-corrected chi connectivity index (χ2v) is 3.93. The maximum absolute atomic E-state index is 5.93. The van der Waals surface area contributed by atoms with Crippen LogP contribution in [0.4, 0.5) is 11.5 Å². The Balaban J connectivity index is 2.22. The lowest BCUT2D eigenvalue weighted by atomic mass is 10.3. The summed E-state index contributed by atoms with van der Waals surface area (Å²) in [5.74, 6) is 1.25. The fourth-order valence-corrected chi connectivity index (χ4v) is 1.52. The second-order valence-electron chi connectivity index (χ2n) is 3.19. The predicted molar refractivity (Wildman–Crippen MR) is 68.3 cm³/mol. The van der Waals surface area contributed by atoms with E-state index in [1.54, 1.807) is 7.11 Å². The molecule has 0 radical (unpaired) electrons. The van der Waals surface area contributed by atoms with E-state index in [1.165, 1.54) is 6.20 Å². The van der Waals surface area contributed by atoms with Crippen LogP contribution in [0, 0.1) is 0 Å². The van der Waals surface area contributed by atoms with E-state index in [0.717, 1.165) is 11.4 Å². The van der Waals surface area contributed by atoms with Crippen LogP contribution in [-0.4, -0.2) is 17.1 Å². The van der Waals surface area contributed by atoms with E-state index in [0.29, 0.717) is 10.8 Å². The molecule has 0 atom stereocenters. The molecule has 0 fully saturated rings. The molecular weight excluding hydrogens is 261 g/mol. The van der Waals surface area contributed by atoms with Gasteiger partial charge in [-0.05, 0) is 35.9 Å². The van der Waals surface area contributed by atoms with Gasteiger partial charge in [-0.3, -0.25) is 0 Å². The van der Waals surface area contributed by atoms with Crippen molar-refractivity contribution in [3.05, 3.63) is 40.8 Å². The Bertz CT molecular complexity index is 517. The standard InChI is InChI=1S/C11H9Cl2N3O/c1-17-8-4-2-7(3-5-8)15-10-9(12)6-14-11(13)16-10/h2-6H,1H3,(H,14,15,16). The first kappa shape index (κ1) is 12.0. The lowest BCUT2D eigenvalue weighted by Crippen LogP contribution is -1.96. The van der Waals surface area contributed by atoms with E-state index in [2.05, 4.69) is 15.3 Å². The first-order valence-electron chi connectivity index (χ1n) is 4.78. The van der Waals surface area contributed by atoms with Gasteiger partial charge < -0.3 is 10.1 Å². The lowest BCUT2D eigenvalue weighted by molar-refractivity contribution is 0.415. The smallest absolute Gasteiger partial charge is 0.224 e. The van der Waals surface area contributed by atoms with Crippen LogP contribution in [0.15, 0.2) is 30.5 Å². The number of halogens is 2. The summed E-state index contributed by atoms with van der Waals surface area (Å²) in [6.07, 6.45) is 1.45. The van der Waals surface area contributed by atoms with Gasteiger partial charge in [0.2, 0.25) is 5.28 Å². The van der Waals surface area contributed by atoms with Gasteiger partial charge in [-0.1, -0.05) is 11.6 Å². The van der Waals surface area contributed by atoms with Crippen LogP contribution in [0.3, 0.4) is 0 Å². The summed E-state index contributed by atoms with van der Waals surface area (Å²) >= 11 is 11.6. The molecule has 1 N–H and O–H groups in total. The van der Waals surface area contributed by atoms with Crippen molar-refractivity contribution >= 4 is 34.7 Å². The minimum Gasteiger partial charge on any atom is -0.497 e. The Hall–Kier alpha value is -1.52. The molecule has 0 aliphatic heterocycles. The molecular formula is C11H9Cl2N3O. The summed E-state index contributed by atoms with van der Waals surface area (Å²) in [5.41, 5.74) is 0.836. The molecule has 0 amide bonds. The van der Waals surface area contributed by atoms with E-state index in [9.17, 15) is 0 Å². The van der Waals surface area contributed by atoms with Gasteiger partial charge in [-0.25, -0.2) is 4.98 Å². The van der Waals surface area contributed by atoms with Crippen molar-refractivity contribution in [3.8, 4) is 5.75 Å². The zero-order chi connectivity index (χ0) is 12.3. The summed E-state index contributed by atoms with van der Waals surface area (Å²) < 4.78 is 5.06. The molecule has 1 heterocycles. The number of hydrogen-bond acceptors (Lipinski definition) is 4. The number of aromatic nitrogens is 2. The molecule has 2 aromatic rings. The largest absolute Gasteiger partial charge is 0.497 e. The lowest BCUT2D eigenvalue weighted by Gasteiger charge is -2.07. The van der Waals surface area contributed by atoms with Gasteiger partial charge in [0.1, 0.15) is 10.8 Å². The van der Waals surface area contributed by atoms with Gasteiger partial charge in [-0.15, -0.1) is 0 Å². The van der Waals surface area contributed by atoms with Crippen LogP contribution in [0.1, 0.15) is 0 Å². The molecule has 6 heteroatoms. The van der Waals surface area contributed by atoms with Crippen molar-refractivity contribution in [3.63, 3.8) is 0 Å². The van der Waals surface area contributed by atoms with Gasteiger partial charge in [-0.2, -0.15) is 4.98 Å². The fraction of sp³-hybridized carbons (Fsp3) is 0.0909. The SMILES string of the molecule is COc1ccc(Nc2nc(Cl)ncc2Cl)cc1. The Morgan fingerprint density at radius 3 is 2.53 bits per heavy atom. The van der Waals surface area contributed by atoms with Crippen molar-refractivity contribution in [2.24, 2.45) is 0 Å². The Labute approximate surface area is 109 Å². The summed E-state index contributed by atoms with van der Waals surface area (Å²) in [4.78, 5) is 7.76. The summed E-state index contributed by atoms with van der Waals surface area (Å²) in [7, 11) is 1.61. The van der Waals surface area contributed by atoms with Gasteiger partial charge in [0.15, 0.2) is 5.82 Å². The van der Waals surface area contributed by atoms with Crippen LogP contribution in [-0.2, 0) is 0 Å². The van der Waals surface area contributed by atoms with Crippen LogP contribution in [0.5, 0.6) is 5.75 Å². The average Bonchev–Trinajstić information content (AvgIpc) is 2.35. The Morgan fingerprint density at radius 1 is 1.18 bits per heavy atom. The third-order valence-electron chi connectivity index (χ3n) is 2.07. The number of methoxy groups -OCH3 is 1. The molecule has 1 aromatic carbocycles. The number of nitrogens with one attached hydrogen (secondary N) is 1. The number of ether oxygens (including phenoxy) is 1. The summed E-state index contributed by atoms with van der Waals surface area (Å²) in [6.45, 7) is 0. The van der Waals surface area contributed by atoms with Crippen molar-refractivity contribution < 1.29 is 4.74 Å². The average molecular weight is 270 g/mol. The zero-order valence-electron chi connectivity index (χ0n) is 8.95. The number of nitrogens with zero attached hydrogens (tertiary/aromatic N) is 2. The molecule has 17 heavy (non-hydrogen) atoms. The van der Waals surface area contributed by atoms with Gasteiger partial charge >= 0.3 is 0 Å². The topological polar surface area (TPSA) is 47.0 Å². The Morgan fingerprint density at radius 2 is 1.88 bits per heavy atom. The van der Waals surface area contributed by atoms with E-state index >= 15 is 0 Å². The molecule has 88 valence electrons. The summed E-state index contributed by atoms with van der Waals surface area (Å²) in [5, 5.41) is 3.59. The third kappa shape index (κ3) is 2.99.